The molecule has 0 aliphatic carbocycles. The molecule has 1 atom stereocenters. The second-order valence-electron chi connectivity index (χ2n) is 4.62. The maximum Gasteiger partial charge on any atom is 0.272 e. The van der Waals surface area contributed by atoms with Crippen LogP contribution in [-0.2, 0) is 0 Å². The van der Waals surface area contributed by atoms with Crippen LogP contribution in [0.2, 0.25) is 5.02 Å². The van der Waals surface area contributed by atoms with Gasteiger partial charge in [0.2, 0.25) is 0 Å². The van der Waals surface area contributed by atoms with Crippen molar-refractivity contribution in [3.63, 3.8) is 0 Å². The summed E-state index contributed by atoms with van der Waals surface area (Å²) >= 11 is 5.98. The lowest BCUT2D eigenvalue weighted by Crippen LogP contribution is -2.30. The highest BCUT2D eigenvalue weighted by Crippen LogP contribution is 2.23. The third-order valence-corrected chi connectivity index (χ3v) is 3.47. The summed E-state index contributed by atoms with van der Waals surface area (Å²) in [6.45, 7) is 1.94. The van der Waals surface area contributed by atoms with Gasteiger partial charge in [-0.15, -0.1) is 0 Å². The van der Waals surface area contributed by atoms with Crippen LogP contribution in [0.15, 0.2) is 42.6 Å². The normalized spacial score (nSPS) is 11.9. The Kier molecular flexibility index (Phi) is 4.25. The lowest BCUT2D eigenvalue weighted by molar-refractivity contribution is 0.0737. The molecule has 0 fully saturated rings. The molecule has 0 aliphatic rings. The first-order chi connectivity index (χ1) is 9.49. The van der Waals surface area contributed by atoms with Crippen molar-refractivity contribution in [2.75, 3.05) is 12.8 Å². The third kappa shape index (κ3) is 3.08. The standard InChI is InChI=1S/C15H16ClN3O/c1-10(11-4-3-5-12(16)8-11)19(2)15(20)14-9-13(17)6-7-18-14/h3-10H,1-2H3,(H2,17,18). The summed E-state index contributed by atoms with van der Waals surface area (Å²) in [7, 11) is 1.73. The zero-order valence-corrected chi connectivity index (χ0v) is 12.1. The van der Waals surface area contributed by atoms with Gasteiger partial charge in [0, 0.05) is 24.0 Å². The van der Waals surface area contributed by atoms with Gasteiger partial charge in [0.25, 0.3) is 5.91 Å². The number of hydrogen-bond acceptors (Lipinski definition) is 3. The van der Waals surface area contributed by atoms with E-state index >= 15 is 0 Å². The van der Waals surface area contributed by atoms with Gasteiger partial charge in [0.15, 0.2) is 0 Å². The Hall–Kier alpha value is -2.07. The number of carbonyl (C=O) groups excluding carboxylic acids is 1. The smallest absolute Gasteiger partial charge is 0.272 e. The minimum Gasteiger partial charge on any atom is -0.399 e. The van der Waals surface area contributed by atoms with Crippen molar-refractivity contribution in [1.82, 2.24) is 9.88 Å². The molecule has 1 aromatic heterocycles. The SMILES string of the molecule is CC(c1cccc(Cl)c1)N(C)C(=O)c1cc(N)ccn1. The molecule has 2 N–H and O–H groups in total. The van der Waals surface area contributed by atoms with Gasteiger partial charge in [-0.1, -0.05) is 23.7 Å². The van der Waals surface area contributed by atoms with Crippen molar-refractivity contribution < 1.29 is 4.79 Å². The molecule has 0 saturated heterocycles. The fourth-order valence-electron chi connectivity index (χ4n) is 1.91. The molecule has 1 heterocycles. The molecule has 5 heteroatoms. The van der Waals surface area contributed by atoms with E-state index in [4.69, 9.17) is 17.3 Å². The summed E-state index contributed by atoms with van der Waals surface area (Å²) in [5.41, 5.74) is 7.50. The quantitative estimate of drug-likeness (QED) is 0.944. The Bertz CT molecular complexity index is 630. The summed E-state index contributed by atoms with van der Waals surface area (Å²) in [4.78, 5) is 18.0. The number of anilines is 1. The molecule has 20 heavy (non-hydrogen) atoms. The molecule has 1 unspecified atom stereocenters. The van der Waals surface area contributed by atoms with Crippen LogP contribution in [0.3, 0.4) is 0 Å². The molecule has 2 rings (SSSR count). The van der Waals surface area contributed by atoms with Gasteiger partial charge in [0.1, 0.15) is 5.69 Å². The summed E-state index contributed by atoms with van der Waals surface area (Å²) in [6.07, 6.45) is 1.53. The molecule has 2 aromatic rings. The van der Waals surface area contributed by atoms with E-state index in [0.717, 1.165) is 5.56 Å². The van der Waals surface area contributed by atoms with Crippen molar-refractivity contribution in [2.24, 2.45) is 0 Å². The van der Waals surface area contributed by atoms with Crippen molar-refractivity contribution in [2.45, 2.75) is 13.0 Å². The van der Waals surface area contributed by atoms with E-state index in [1.165, 1.54) is 6.20 Å². The number of halogens is 1. The second-order valence-corrected chi connectivity index (χ2v) is 5.06. The number of carbonyl (C=O) groups is 1. The Morgan fingerprint density at radius 2 is 2.10 bits per heavy atom. The van der Waals surface area contributed by atoms with Gasteiger partial charge in [-0.05, 0) is 36.8 Å². The van der Waals surface area contributed by atoms with E-state index in [9.17, 15) is 4.79 Å². The Morgan fingerprint density at radius 3 is 2.75 bits per heavy atom. The van der Waals surface area contributed by atoms with Gasteiger partial charge in [-0.25, -0.2) is 0 Å². The van der Waals surface area contributed by atoms with Crippen LogP contribution in [0, 0.1) is 0 Å². The molecule has 0 aliphatic heterocycles. The topological polar surface area (TPSA) is 59.2 Å². The molecular formula is C15H16ClN3O. The molecule has 0 radical (unpaired) electrons. The number of nitrogens with zero attached hydrogens (tertiary/aromatic N) is 2. The van der Waals surface area contributed by atoms with Gasteiger partial charge in [0.05, 0.1) is 6.04 Å². The number of aromatic nitrogens is 1. The summed E-state index contributed by atoms with van der Waals surface area (Å²) in [5.74, 6) is -0.176. The van der Waals surface area contributed by atoms with Gasteiger partial charge in [-0.3, -0.25) is 9.78 Å². The lowest BCUT2D eigenvalue weighted by Gasteiger charge is -2.25. The van der Waals surface area contributed by atoms with Crippen molar-refractivity contribution in [1.29, 1.82) is 0 Å². The highest BCUT2D eigenvalue weighted by atomic mass is 35.5. The van der Waals surface area contributed by atoms with E-state index in [1.807, 2.05) is 25.1 Å². The van der Waals surface area contributed by atoms with Gasteiger partial charge >= 0.3 is 0 Å². The van der Waals surface area contributed by atoms with Crippen LogP contribution in [0.25, 0.3) is 0 Å². The van der Waals surface area contributed by atoms with Crippen LogP contribution in [0.1, 0.15) is 29.0 Å². The minimum atomic E-state index is -0.176. The van der Waals surface area contributed by atoms with Crippen molar-refractivity contribution >= 4 is 23.2 Å². The summed E-state index contributed by atoms with van der Waals surface area (Å²) < 4.78 is 0. The average molecular weight is 290 g/mol. The highest BCUT2D eigenvalue weighted by molar-refractivity contribution is 6.30. The largest absolute Gasteiger partial charge is 0.399 e. The number of benzene rings is 1. The fourth-order valence-corrected chi connectivity index (χ4v) is 2.11. The molecule has 0 bridgehead atoms. The molecule has 1 amide bonds. The first-order valence-electron chi connectivity index (χ1n) is 6.23. The number of pyridine rings is 1. The van der Waals surface area contributed by atoms with Crippen LogP contribution in [-0.4, -0.2) is 22.8 Å². The number of rotatable bonds is 3. The fraction of sp³-hybridized carbons (Fsp3) is 0.200. The summed E-state index contributed by atoms with van der Waals surface area (Å²) in [5, 5.41) is 0.650. The molecular weight excluding hydrogens is 274 g/mol. The number of amides is 1. The second kappa shape index (κ2) is 5.92. The van der Waals surface area contributed by atoms with E-state index in [-0.39, 0.29) is 11.9 Å². The minimum absolute atomic E-state index is 0.107. The zero-order chi connectivity index (χ0) is 14.7. The van der Waals surface area contributed by atoms with Crippen LogP contribution in [0.5, 0.6) is 0 Å². The maximum absolute atomic E-state index is 12.4. The van der Waals surface area contributed by atoms with E-state index < -0.39 is 0 Å². The van der Waals surface area contributed by atoms with E-state index in [1.54, 1.807) is 30.1 Å². The first-order valence-corrected chi connectivity index (χ1v) is 6.61. The molecule has 0 saturated carbocycles. The predicted octanol–water partition coefficient (Wildman–Crippen LogP) is 3.15. The Balaban J connectivity index is 2.22. The molecule has 4 nitrogen and oxygen atoms in total. The Labute approximate surface area is 123 Å². The maximum atomic E-state index is 12.4. The highest BCUT2D eigenvalue weighted by Gasteiger charge is 2.20. The van der Waals surface area contributed by atoms with Crippen molar-refractivity contribution in [3.05, 3.63) is 58.9 Å². The molecule has 0 spiro atoms. The van der Waals surface area contributed by atoms with E-state index in [2.05, 4.69) is 4.98 Å². The average Bonchev–Trinajstić information content (AvgIpc) is 2.45. The van der Waals surface area contributed by atoms with Crippen LogP contribution in [0.4, 0.5) is 5.69 Å². The van der Waals surface area contributed by atoms with Crippen LogP contribution < -0.4 is 5.73 Å². The predicted molar refractivity (Wildman–Crippen MR) is 80.6 cm³/mol. The van der Waals surface area contributed by atoms with Crippen LogP contribution >= 0.6 is 11.6 Å². The van der Waals surface area contributed by atoms with Gasteiger partial charge < -0.3 is 10.6 Å². The number of hydrogen-bond donors (Lipinski definition) is 1. The summed E-state index contributed by atoms with van der Waals surface area (Å²) in [6, 6.07) is 10.6. The third-order valence-electron chi connectivity index (χ3n) is 3.24. The number of nitrogens with two attached hydrogens (primary N) is 1. The monoisotopic (exact) mass is 289 g/mol. The Morgan fingerprint density at radius 1 is 1.35 bits per heavy atom. The first kappa shape index (κ1) is 14.3. The van der Waals surface area contributed by atoms with Crippen molar-refractivity contribution in [3.8, 4) is 0 Å². The van der Waals surface area contributed by atoms with E-state index in [0.29, 0.717) is 16.4 Å². The van der Waals surface area contributed by atoms with Gasteiger partial charge in [-0.2, -0.15) is 0 Å². The lowest BCUT2D eigenvalue weighted by atomic mass is 10.1. The zero-order valence-electron chi connectivity index (χ0n) is 11.4. The number of nitrogen functional groups attached to an aromatic ring is 1. The molecule has 1 aromatic carbocycles. The molecule has 104 valence electrons.